The fraction of sp³-hybridized carbons (Fsp3) is 0.346. The van der Waals surface area contributed by atoms with Crippen LogP contribution in [0.25, 0.3) is 16.7 Å². The molecule has 4 aromatic rings. The monoisotopic (exact) mass is 505 g/mol. The number of aromatic nitrogens is 6. The van der Waals surface area contributed by atoms with E-state index in [-0.39, 0.29) is 1.43 Å². The van der Waals surface area contributed by atoms with E-state index in [1.165, 1.54) is 4.57 Å². The Labute approximate surface area is 214 Å². The predicted octanol–water partition coefficient (Wildman–Crippen LogP) is 3.92. The van der Waals surface area contributed by atoms with Gasteiger partial charge in [0.15, 0.2) is 5.65 Å². The van der Waals surface area contributed by atoms with Gasteiger partial charge >= 0.3 is 0 Å². The summed E-state index contributed by atoms with van der Waals surface area (Å²) in [5, 5.41) is 3.25. The highest BCUT2D eigenvalue weighted by Crippen LogP contribution is 2.32. The van der Waals surface area contributed by atoms with E-state index in [0.29, 0.717) is 35.1 Å². The molecule has 6 rings (SSSR count). The number of nitrogens with zero attached hydrogens (tertiary/aromatic N) is 8. The van der Waals surface area contributed by atoms with Crippen LogP contribution in [-0.2, 0) is 13.0 Å². The molecule has 2 aliphatic rings. The number of hydrogen-bond acceptors (Lipinski definition) is 8. The number of rotatable bonds is 6. The molecule has 1 aliphatic heterocycles. The van der Waals surface area contributed by atoms with Crippen molar-refractivity contribution in [2.24, 2.45) is 0 Å². The van der Waals surface area contributed by atoms with Crippen molar-refractivity contribution in [1.82, 2.24) is 34.4 Å². The van der Waals surface area contributed by atoms with Crippen molar-refractivity contribution in [3.05, 3.63) is 65.5 Å². The van der Waals surface area contributed by atoms with E-state index in [9.17, 15) is 8.78 Å². The first kappa shape index (κ1) is 23.4. The van der Waals surface area contributed by atoms with Crippen molar-refractivity contribution in [2.45, 2.75) is 26.3 Å². The Morgan fingerprint density at radius 1 is 1.00 bits per heavy atom. The van der Waals surface area contributed by atoms with Gasteiger partial charge < -0.3 is 19.7 Å². The maximum Gasteiger partial charge on any atom is 0.256 e. The molecule has 0 aromatic carbocycles. The molecule has 5 heterocycles. The van der Waals surface area contributed by atoms with Crippen molar-refractivity contribution < 1.29 is 10.2 Å². The fourth-order valence-electron chi connectivity index (χ4n) is 4.84. The standard InChI is InChI=1S/C26H27F2N9.H2/c1-16-31-22-7-6-20(33-25(22)37(16)15-23(27)28)18-4-5-21-19(18)14-30-26(34-21)32-17-3-8-24(29-13-17)36-11-9-35(2)10-12-36;/h3-4,6-8,13-14,23H,5,9-12,15H2,1-2H3,(H,30,32,34);1H. The van der Waals surface area contributed by atoms with Crippen LogP contribution >= 0.6 is 0 Å². The van der Waals surface area contributed by atoms with Crippen LogP contribution < -0.4 is 10.2 Å². The first-order valence-electron chi connectivity index (χ1n) is 12.3. The first-order valence-corrected chi connectivity index (χ1v) is 12.3. The second-order valence-electron chi connectivity index (χ2n) is 9.40. The molecule has 0 amide bonds. The number of piperazine rings is 1. The fourth-order valence-corrected chi connectivity index (χ4v) is 4.84. The highest BCUT2D eigenvalue weighted by Gasteiger charge is 2.21. The Bertz CT molecular complexity index is 1480. The molecule has 0 bridgehead atoms. The Morgan fingerprint density at radius 3 is 2.59 bits per heavy atom. The molecule has 0 spiro atoms. The number of anilines is 3. The number of imidazole rings is 1. The molecule has 11 heteroatoms. The molecule has 0 saturated carbocycles. The van der Waals surface area contributed by atoms with E-state index >= 15 is 0 Å². The third-order valence-corrected chi connectivity index (χ3v) is 6.87. The van der Waals surface area contributed by atoms with Crippen molar-refractivity contribution in [3.63, 3.8) is 0 Å². The van der Waals surface area contributed by atoms with Crippen LogP contribution in [0.4, 0.5) is 26.2 Å². The molecule has 1 N–H and O–H groups in total. The maximum absolute atomic E-state index is 13.1. The zero-order valence-electron chi connectivity index (χ0n) is 20.7. The molecule has 37 heavy (non-hydrogen) atoms. The van der Waals surface area contributed by atoms with E-state index in [4.69, 9.17) is 4.98 Å². The summed E-state index contributed by atoms with van der Waals surface area (Å²) in [6.07, 6.45) is 3.79. The van der Waals surface area contributed by atoms with E-state index in [2.05, 4.69) is 42.1 Å². The molecular formula is C26H29F2N9. The van der Waals surface area contributed by atoms with Crippen LogP contribution in [-0.4, -0.2) is 74.0 Å². The van der Waals surface area contributed by atoms with Crippen molar-refractivity contribution in [3.8, 4) is 0 Å². The molecule has 4 aromatic heterocycles. The average Bonchev–Trinajstić information content (AvgIpc) is 3.45. The summed E-state index contributed by atoms with van der Waals surface area (Å²) in [4.78, 5) is 27.5. The van der Waals surface area contributed by atoms with Crippen LogP contribution in [0.5, 0.6) is 0 Å². The van der Waals surface area contributed by atoms with Crippen LogP contribution in [0, 0.1) is 6.92 Å². The minimum Gasteiger partial charge on any atom is -0.354 e. The molecule has 9 nitrogen and oxygen atoms in total. The lowest BCUT2D eigenvalue weighted by Crippen LogP contribution is -2.44. The van der Waals surface area contributed by atoms with Gasteiger partial charge in [-0.05, 0) is 38.2 Å². The second-order valence-corrected chi connectivity index (χ2v) is 9.40. The lowest BCUT2D eigenvalue weighted by atomic mass is 10.1. The largest absolute Gasteiger partial charge is 0.354 e. The zero-order chi connectivity index (χ0) is 25.5. The summed E-state index contributed by atoms with van der Waals surface area (Å²) in [7, 11) is 2.13. The number of pyridine rings is 2. The summed E-state index contributed by atoms with van der Waals surface area (Å²) in [6.45, 7) is 5.28. The Morgan fingerprint density at radius 2 is 1.84 bits per heavy atom. The number of fused-ring (bicyclic) bond motifs is 2. The van der Waals surface area contributed by atoms with Gasteiger partial charge in [0.05, 0.1) is 29.8 Å². The molecule has 0 atom stereocenters. The number of hydrogen-bond donors (Lipinski definition) is 1. The van der Waals surface area contributed by atoms with E-state index in [1.54, 1.807) is 19.3 Å². The maximum atomic E-state index is 13.1. The summed E-state index contributed by atoms with van der Waals surface area (Å²) in [5.41, 5.74) is 5.23. The van der Waals surface area contributed by atoms with Gasteiger partial charge in [-0.2, -0.15) is 0 Å². The van der Waals surface area contributed by atoms with E-state index in [1.807, 2.05) is 30.3 Å². The smallest absolute Gasteiger partial charge is 0.256 e. The number of alkyl halides is 2. The quantitative estimate of drug-likeness (QED) is 0.422. The van der Waals surface area contributed by atoms with Gasteiger partial charge in [0, 0.05) is 51.4 Å². The number of aryl methyl sites for hydroxylation is 1. The zero-order valence-corrected chi connectivity index (χ0v) is 20.7. The number of allylic oxidation sites excluding steroid dienone is 1. The minimum atomic E-state index is -2.48. The molecule has 1 aliphatic carbocycles. The molecule has 0 radical (unpaired) electrons. The Hall–Kier alpha value is -3.99. The predicted molar refractivity (Wildman–Crippen MR) is 140 cm³/mol. The van der Waals surface area contributed by atoms with Gasteiger partial charge in [-0.1, -0.05) is 6.08 Å². The highest BCUT2D eigenvalue weighted by molar-refractivity contribution is 5.85. The van der Waals surface area contributed by atoms with Gasteiger partial charge in [0.2, 0.25) is 5.95 Å². The van der Waals surface area contributed by atoms with Crippen molar-refractivity contribution in [2.75, 3.05) is 43.4 Å². The highest BCUT2D eigenvalue weighted by atomic mass is 19.3. The summed E-state index contributed by atoms with van der Waals surface area (Å²) in [6, 6.07) is 7.69. The van der Waals surface area contributed by atoms with Crippen molar-refractivity contribution >= 4 is 34.2 Å². The number of likely N-dealkylation sites (N-methyl/N-ethyl adjacent to an activating group) is 1. The molecular weight excluding hydrogens is 476 g/mol. The van der Waals surface area contributed by atoms with Crippen LogP contribution in [0.1, 0.15) is 24.2 Å². The lowest BCUT2D eigenvalue weighted by molar-refractivity contribution is 0.127. The van der Waals surface area contributed by atoms with Crippen LogP contribution in [0.15, 0.2) is 42.7 Å². The van der Waals surface area contributed by atoms with Crippen LogP contribution in [0.2, 0.25) is 0 Å². The normalized spacial score (nSPS) is 15.9. The summed E-state index contributed by atoms with van der Waals surface area (Å²) < 4.78 is 27.7. The van der Waals surface area contributed by atoms with E-state index in [0.717, 1.165) is 54.5 Å². The average molecular weight is 506 g/mol. The van der Waals surface area contributed by atoms with Gasteiger partial charge in [0.25, 0.3) is 6.43 Å². The molecule has 192 valence electrons. The lowest BCUT2D eigenvalue weighted by Gasteiger charge is -2.33. The van der Waals surface area contributed by atoms with Gasteiger partial charge in [-0.3, -0.25) is 0 Å². The first-order chi connectivity index (χ1) is 17.9. The second kappa shape index (κ2) is 9.47. The van der Waals surface area contributed by atoms with Gasteiger partial charge in [-0.15, -0.1) is 0 Å². The SMILES string of the molecule is Cc1nc2ccc(C3=CCc4nc(Nc5ccc(N6CCN(C)CC6)nc5)ncc43)nc2n1CC(F)F.[HH]. The third kappa shape index (κ3) is 4.62. The Kier molecular flexibility index (Phi) is 5.99. The minimum absolute atomic E-state index is 0. The van der Waals surface area contributed by atoms with Crippen LogP contribution in [0.3, 0.4) is 0 Å². The number of halogens is 2. The van der Waals surface area contributed by atoms with Gasteiger partial charge in [0.1, 0.15) is 17.2 Å². The molecule has 1 saturated heterocycles. The Balaban J connectivity index is 0.00000294. The topological polar surface area (TPSA) is 87.9 Å². The van der Waals surface area contributed by atoms with Crippen molar-refractivity contribution in [1.29, 1.82) is 0 Å². The summed E-state index contributed by atoms with van der Waals surface area (Å²) in [5.74, 6) is 1.99. The van der Waals surface area contributed by atoms with Gasteiger partial charge in [-0.25, -0.2) is 33.7 Å². The third-order valence-electron chi connectivity index (χ3n) is 6.87. The van der Waals surface area contributed by atoms with E-state index < -0.39 is 13.0 Å². The molecule has 0 unspecified atom stereocenters. The summed E-state index contributed by atoms with van der Waals surface area (Å²) >= 11 is 0. The molecule has 1 fully saturated rings. The number of nitrogens with one attached hydrogen (secondary N) is 1.